The number of hydrogen-bond acceptors (Lipinski definition) is 4. The van der Waals surface area contributed by atoms with Gasteiger partial charge in [0.25, 0.3) is 0 Å². The molecule has 1 atom stereocenters. The summed E-state index contributed by atoms with van der Waals surface area (Å²) in [6.45, 7) is 8.27. The molecule has 1 aromatic rings. The van der Waals surface area contributed by atoms with E-state index in [0.29, 0.717) is 12.0 Å². The van der Waals surface area contributed by atoms with E-state index in [9.17, 15) is 0 Å². The largest absolute Gasteiger partial charge is 0.385 e. The third-order valence-electron chi connectivity index (χ3n) is 2.45. The van der Waals surface area contributed by atoms with Crippen molar-refractivity contribution in [3.63, 3.8) is 0 Å². The van der Waals surface area contributed by atoms with E-state index in [4.69, 9.17) is 4.74 Å². The van der Waals surface area contributed by atoms with Crippen molar-refractivity contribution in [2.75, 3.05) is 13.7 Å². The summed E-state index contributed by atoms with van der Waals surface area (Å²) in [6, 6.07) is 0.490. The Morgan fingerprint density at radius 1 is 1.44 bits per heavy atom. The van der Waals surface area contributed by atoms with Crippen LogP contribution >= 0.6 is 11.3 Å². The van der Waals surface area contributed by atoms with Gasteiger partial charge in [-0.25, -0.2) is 4.98 Å². The summed E-state index contributed by atoms with van der Waals surface area (Å²) in [5.41, 5.74) is 0. The predicted molar refractivity (Wildman–Crippen MR) is 69.0 cm³/mol. The molecule has 1 unspecified atom stereocenters. The number of hydrogen-bond donors (Lipinski definition) is 1. The van der Waals surface area contributed by atoms with Gasteiger partial charge in [-0.2, -0.15) is 0 Å². The van der Waals surface area contributed by atoms with Gasteiger partial charge in [0.15, 0.2) is 0 Å². The van der Waals surface area contributed by atoms with Crippen LogP contribution in [-0.2, 0) is 11.3 Å². The van der Waals surface area contributed by atoms with E-state index in [1.165, 1.54) is 9.88 Å². The number of rotatable bonds is 7. The lowest BCUT2D eigenvalue weighted by Gasteiger charge is -2.11. The van der Waals surface area contributed by atoms with Gasteiger partial charge in [0.1, 0.15) is 0 Å². The third kappa shape index (κ3) is 4.60. The fourth-order valence-electron chi connectivity index (χ4n) is 1.34. The van der Waals surface area contributed by atoms with Crippen LogP contribution in [0.2, 0.25) is 0 Å². The van der Waals surface area contributed by atoms with Gasteiger partial charge in [0, 0.05) is 43.3 Å². The number of methoxy groups -OCH3 is 1. The maximum Gasteiger partial charge on any atom is 0.0953 e. The molecule has 0 aliphatic heterocycles. The maximum atomic E-state index is 5.05. The molecule has 1 heterocycles. The minimum atomic E-state index is 0.490. The van der Waals surface area contributed by atoms with E-state index in [0.717, 1.165) is 19.6 Å². The van der Waals surface area contributed by atoms with Gasteiger partial charge < -0.3 is 10.1 Å². The summed E-state index contributed by atoms with van der Waals surface area (Å²) in [6.07, 6.45) is 3.03. The molecule has 92 valence electrons. The highest BCUT2D eigenvalue weighted by atomic mass is 32.1. The topological polar surface area (TPSA) is 34.1 Å². The fourth-order valence-corrected chi connectivity index (χ4v) is 2.21. The molecule has 0 bridgehead atoms. The van der Waals surface area contributed by atoms with Crippen LogP contribution in [0.1, 0.15) is 43.0 Å². The van der Waals surface area contributed by atoms with Gasteiger partial charge in [-0.3, -0.25) is 0 Å². The lowest BCUT2D eigenvalue weighted by atomic mass is 10.2. The average Bonchev–Trinajstić information content (AvgIpc) is 2.72. The molecule has 16 heavy (non-hydrogen) atoms. The highest BCUT2D eigenvalue weighted by Gasteiger charge is 2.06. The van der Waals surface area contributed by atoms with Crippen molar-refractivity contribution in [3.8, 4) is 0 Å². The molecule has 1 rings (SSSR count). The van der Waals surface area contributed by atoms with Gasteiger partial charge in [-0.15, -0.1) is 11.3 Å². The molecule has 0 fully saturated rings. The molecule has 0 aliphatic rings. The zero-order valence-corrected chi connectivity index (χ0v) is 11.4. The Labute approximate surface area is 102 Å². The summed E-state index contributed by atoms with van der Waals surface area (Å²) in [7, 11) is 1.74. The van der Waals surface area contributed by atoms with E-state index >= 15 is 0 Å². The molecule has 1 aromatic heterocycles. The Hall–Kier alpha value is -0.450. The first kappa shape index (κ1) is 13.6. The summed E-state index contributed by atoms with van der Waals surface area (Å²) < 4.78 is 5.05. The summed E-state index contributed by atoms with van der Waals surface area (Å²) in [5, 5.41) is 4.70. The van der Waals surface area contributed by atoms with Gasteiger partial charge in [0.2, 0.25) is 0 Å². The Balaban J connectivity index is 2.31. The molecule has 3 nitrogen and oxygen atoms in total. The minimum absolute atomic E-state index is 0.490. The summed E-state index contributed by atoms with van der Waals surface area (Å²) in [5.74, 6) is 0.532. The Morgan fingerprint density at radius 2 is 2.19 bits per heavy atom. The second kappa shape index (κ2) is 6.99. The molecule has 0 spiro atoms. The van der Waals surface area contributed by atoms with Gasteiger partial charge in [0.05, 0.1) is 5.01 Å². The van der Waals surface area contributed by atoms with Crippen molar-refractivity contribution in [2.24, 2.45) is 0 Å². The van der Waals surface area contributed by atoms with Crippen LogP contribution in [0.3, 0.4) is 0 Å². The number of ether oxygens (including phenoxy) is 1. The number of nitrogens with one attached hydrogen (secondary N) is 1. The van der Waals surface area contributed by atoms with E-state index < -0.39 is 0 Å². The van der Waals surface area contributed by atoms with Crippen molar-refractivity contribution < 1.29 is 4.74 Å². The molecular formula is C12H22N2OS. The normalized spacial score (nSPS) is 13.3. The first-order valence-electron chi connectivity index (χ1n) is 5.80. The molecular weight excluding hydrogens is 220 g/mol. The molecule has 0 aromatic carbocycles. The SMILES string of the molecule is COCCC(C)NCc1cnc(C(C)C)s1. The predicted octanol–water partition coefficient (Wildman–Crippen LogP) is 2.78. The first-order valence-corrected chi connectivity index (χ1v) is 6.62. The highest BCUT2D eigenvalue weighted by Crippen LogP contribution is 2.20. The number of nitrogens with zero attached hydrogens (tertiary/aromatic N) is 1. The molecule has 1 N–H and O–H groups in total. The minimum Gasteiger partial charge on any atom is -0.385 e. The number of thiazole rings is 1. The zero-order valence-electron chi connectivity index (χ0n) is 10.6. The molecule has 0 saturated heterocycles. The monoisotopic (exact) mass is 242 g/mol. The molecule has 0 radical (unpaired) electrons. The number of aromatic nitrogens is 1. The van der Waals surface area contributed by atoms with E-state index in [-0.39, 0.29) is 0 Å². The van der Waals surface area contributed by atoms with Crippen LogP contribution in [0.5, 0.6) is 0 Å². The smallest absolute Gasteiger partial charge is 0.0953 e. The van der Waals surface area contributed by atoms with Gasteiger partial charge in [-0.05, 0) is 13.3 Å². The van der Waals surface area contributed by atoms with Crippen LogP contribution in [0.25, 0.3) is 0 Å². The second-order valence-corrected chi connectivity index (χ2v) is 5.53. The van der Waals surface area contributed by atoms with Crippen LogP contribution in [-0.4, -0.2) is 24.7 Å². The van der Waals surface area contributed by atoms with Crippen molar-refractivity contribution in [1.82, 2.24) is 10.3 Å². The van der Waals surface area contributed by atoms with E-state index in [2.05, 4.69) is 31.1 Å². The average molecular weight is 242 g/mol. The molecule has 0 aliphatic carbocycles. The second-order valence-electron chi connectivity index (χ2n) is 4.38. The summed E-state index contributed by atoms with van der Waals surface area (Å²) in [4.78, 5) is 5.72. The maximum absolute atomic E-state index is 5.05. The molecule has 0 amide bonds. The van der Waals surface area contributed by atoms with Crippen molar-refractivity contribution >= 4 is 11.3 Å². The highest BCUT2D eigenvalue weighted by molar-refractivity contribution is 7.11. The fraction of sp³-hybridized carbons (Fsp3) is 0.750. The lowest BCUT2D eigenvalue weighted by Crippen LogP contribution is -2.26. The standard InChI is InChI=1S/C12H22N2OS/c1-9(2)12-14-8-11(16-12)7-13-10(3)5-6-15-4/h8-10,13H,5-7H2,1-4H3. The first-order chi connectivity index (χ1) is 7.63. The van der Waals surface area contributed by atoms with E-state index in [1.807, 2.05) is 6.20 Å². The van der Waals surface area contributed by atoms with Crippen LogP contribution < -0.4 is 5.32 Å². The molecule has 0 saturated carbocycles. The quantitative estimate of drug-likeness (QED) is 0.798. The van der Waals surface area contributed by atoms with Gasteiger partial charge >= 0.3 is 0 Å². The van der Waals surface area contributed by atoms with E-state index in [1.54, 1.807) is 18.4 Å². The lowest BCUT2D eigenvalue weighted by molar-refractivity contribution is 0.185. The van der Waals surface area contributed by atoms with Crippen LogP contribution in [0.4, 0.5) is 0 Å². The van der Waals surface area contributed by atoms with Crippen molar-refractivity contribution in [1.29, 1.82) is 0 Å². The third-order valence-corrected chi connectivity index (χ3v) is 3.74. The Bertz CT molecular complexity index is 299. The van der Waals surface area contributed by atoms with Crippen molar-refractivity contribution in [2.45, 2.75) is 45.7 Å². The van der Waals surface area contributed by atoms with Crippen molar-refractivity contribution in [3.05, 3.63) is 16.1 Å². The van der Waals surface area contributed by atoms with Gasteiger partial charge in [-0.1, -0.05) is 13.8 Å². The zero-order chi connectivity index (χ0) is 12.0. The molecule has 4 heteroatoms. The summed E-state index contributed by atoms with van der Waals surface area (Å²) >= 11 is 1.80. The van der Waals surface area contributed by atoms with Crippen LogP contribution in [0.15, 0.2) is 6.20 Å². The Morgan fingerprint density at radius 3 is 2.75 bits per heavy atom. The van der Waals surface area contributed by atoms with Crippen LogP contribution in [0, 0.1) is 0 Å². The Kier molecular flexibility index (Phi) is 5.95.